The van der Waals surface area contributed by atoms with Crippen molar-refractivity contribution in [2.75, 3.05) is 0 Å². The lowest BCUT2D eigenvalue weighted by Gasteiger charge is -2.15. The van der Waals surface area contributed by atoms with Crippen LogP contribution in [-0.4, -0.2) is 4.70 Å². The summed E-state index contributed by atoms with van der Waals surface area (Å²) in [5, 5.41) is 0. The van der Waals surface area contributed by atoms with Crippen molar-refractivity contribution in [2.45, 2.75) is 80.6 Å². The third kappa shape index (κ3) is 4.05. The number of allylic oxidation sites excluding steroid dienone is 2. The van der Waals surface area contributed by atoms with Gasteiger partial charge in [0.25, 0.3) is 0 Å². The molecule has 0 fully saturated rings. The number of nitrogens with zero attached hydrogens (tertiary/aromatic N) is 2. The topological polar surface area (TPSA) is 25.3 Å². The molecule has 1 aliphatic rings. The van der Waals surface area contributed by atoms with E-state index < -0.39 is 0 Å². The lowest BCUT2D eigenvalue weighted by Crippen LogP contribution is -2.05. The smallest absolute Gasteiger partial charge is 0.210 e. The van der Waals surface area contributed by atoms with Crippen molar-refractivity contribution in [3.05, 3.63) is 86.0 Å². The predicted molar refractivity (Wildman–Crippen MR) is 129 cm³/mol. The van der Waals surface area contributed by atoms with E-state index in [1.807, 2.05) is 0 Å². The Bertz CT molecular complexity index is 1000. The van der Waals surface area contributed by atoms with Gasteiger partial charge in [0.15, 0.2) is 0 Å². The van der Waals surface area contributed by atoms with Gasteiger partial charge >= 0.3 is 0 Å². The Morgan fingerprint density at radius 3 is 1.63 bits per heavy atom. The molecule has 1 heterocycles. The number of unbranched alkanes of at least 4 members (excludes halogenated alkanes) is 1. The summed E-state index contributed by atoms with van der Waals surface area (Å²) >= 11 is 0. The highest BCUT2D eigenvalue weighted by Crippen LogP contribution is 2.39. The summed E-state index contributed by atoms with van der Waals surface area (Å²) in [5.74, 6) is 0. The number of rotatable bonds is 7. The normalized spacial score (nSPS) is 14.0. The maximum atomic E-state index is 11.3. The van der Waals surface area contributed by atoms with Crippen LogP contribution in [0.3, 0.4) is 0 Å². The van der Waals surface area contributed by atoms with Crippen molar-refractivity contribution in [3.63, 3.8) is 0 Å². The quantitative estimate of drug-likeness (QED) is 0.420. The Kier molecular flexibility index (Phi) is 6.75. The van der Waals surface area contributed by atoms with Crippen LogP contribution in [0.1, 0.15) is 84.5 Å². The van der Waals surface area contributed by atoms with Crippen molar-refractivity contribution in [2.24, 2.45) is 0 Å². The van der Waals surface area contributed by atoms with E-state index in [1.165, 1.54) is 43.7 Å². The summed E-state index contributed by atoms with van der Waals surface area (Å²) < 4.78 is 1.44. The van der Waals surface area contributed by atoms with E-state index in [1.54, 1.807) is 0 Å². The van der Waals surface area contributed by atoms with E-state index in [9.17, 15) is 5.53 Å². The lowest BCUT2D eigenvalue weighted by molar-refractivity contribution is -0.344. The van der Waals surface area contributed by atoms with Gasteiger partial charge in [-0.3, -0.25) is 0 Å². The molecule has 0 unspecified atom stereocenters. The van der Waals surface area contributed by atoms with Crippen LogP contribution in [0.4, 0.5) is 0 Å². The second kappa shape index (κ2) is 9.12. The van der Waals surface area contributed by atoms with Gasteiger partial charge in [-0.05, 0) is 111 Å². The molecule has 2 aromatic carbocycles. The van der Waals surface area contributed by atoms with Gasteiger partial charge in [0.2, 0.25) is 11.4 Å². The molecule has 0 saturated carbocycles. The summed E-state index contributed by atoms with van der Waals surface area (Å²) in [6.45, 7) is 15.3. The van der Waals surface area contributed by atoms with Crippen LogP contribution in [0.5, 0.6) is 0 Å². The predicted octanol–water partition coefficient (Wildman–Crippen LogP) is 8.04. The van der Waals surface area contributed by atoms with Crippen LogP contribution in [-0.2, 0) is 12.8 Å². The van der Waals surface area contributed by atoms with Crippen LogP contribution in [0.2, 0.25) is 0 Å². The molecular formula is C28H36N2. The molecule has 0 spiro atoms. The van der Waals surface area contributed by atoms with E-state index in [4.69, 9.17) is 0 Å². The van der Waals surface area contributed by atoms with Gasteiger partial charge in [-0.2, -0.15) is 0 Å². The maximum Gasteiger partial charge on any atom is 0.210 e. The highest BCUT2D eigenvalue weighted by molar-refractivity contribution is 5.79. The largest absolute Gasteiger partial charge is 0.493 e. The molecule has 3 rings (SSSR count). The van der Waals surface area contributed by atoms with Crippen molar-refractivity contribution in [1.29, 1.82) is 0 Å². The Morgan fingerprint density at radius 1 is 0.733 bits per heavy atom. The van der Waals surface area contributed by atoms with E-state index >= 15 is 0 Å². The average molecular weight is 401 g/mol. The highest BCUT2D eigenvalue weighted by Gasteiger charge is 2.29. The molecule has 0 N–H and O–H groups in total. The first-order valence-electron chi connectivity index (χ1n) is 11.5. The highest BCUT2D eigenvalue weighted by atomic mass is 15.2. The Morgan fingerprint density at radius 2 is 1.20 bits per heavy atom. The van der Waals surface area contributed by atoms with Gasteiger partial charge in [-0.1, -0.05) is 27.2 Å². The van der Waals surface area contributed by atoms with E-state index in [-0.39, 0.29) is 0 Å². The molecule has 158 valence electrons. The Balaban J connectivity index is 2.10. The minimum Gasteiger partial charge on any atom is -0.493 e. The summed E-state index contributed by atoms with van der Waals surface area (Å²) in [6.07, 6.45) is 7.51. The fourth-order valence-corrected chi connectivity index (χ4v) is 5.01. The van der Waals surface area contributed by atoms with Gasteiger partial charge in [0, 0.05) is 22.8 Å². The molecule has 0 saturated heterocycles. The zero-order chi connectivity index (χ0) is 22.0. The van der Waals surface area contributed by atoms with Crippen molar-refractivity contribution < 1.29 is 4.70 Å². The Labute approximate surface area is 182 Å². The third-order valence-electron chi connectivity index (χ3n) is 6.52. The first kappa shape index (κ1) is 22.2. The van der Waals surface area contributed by atoms with Gasteiger partial charge in [0.05, 0.1) is 0 Å². The molecule has 2 aromatic rings. The van der Waals surface area contributed by atoms with E-state index in [2.05, 4.69) is 78.8 Å². The van der Waals surface area contributed by atoms with Crippen molar-refractivity contribution in [3.8, 4) is 0 Å². The molecule has 0 atom stereocenters. The van der Waals surface area contributed by atoms with Gasteiger partial charge in [0.1, 0.15) is 0 Å². The molecule has 30 heavy (non-hydrogen) atoms. The standard InChI is InChI=1S/C28H36N2/c1-8-11-12-22-17-27(23-13-18(4)25(9-2)19(5)14-23)30(29)28(22)24-15-20(6)26(10-3)21(7)16-24/h13-17H,8-12H2,1-7H3. The molecule has 0 aliphatic carbocycles. The first-order chi connectivity index (χ1) is 14.3. The molecule has 1 aliphatic heterocycles. The number of hydrogen-bond acceptors (Lipinski definition) is 0. The van der Waals surface area contributed by atoms with Crippen LogP contribution in [0.15, 0.2) is 35.9 Å². The van der Waals surface area contributed by atoms with Gasteiger partial charge in [-0.25, -0.2) is 4.70 Å². The zero-order valence-electron chi connectivity index (χ0n) is 19.8. The van der Waals surface area contributed by atoms with E-state index in [0.29, 0.717) is 0 Å². The molecule has 2 heteroatoms. The van der Waals surface area contributed by atoms with Crippen LogP contribution in [0, 0.1) is 27.7 Å². The number of hydrogen-bond donors (Lipinski definition) is 0. The molecular weight excluding hydrogens is 364 g/mol. The monoisotopic (exact) mass is 400 g/mol. The second-order valence-electron chi connectivity index (χ2n) is 8.70. The van der Waals surface area contributed by atoms with E-state index in [0.717, 1.165) is 54.6 Å². The maximum absolute atomic E-state index is 11.3. The average Bonchev–Trinajstić information content (AvgIpc) is 3.02. The summed E-state index contributed by atoms with van der Waals surface area (Å²) in [4.78, 5) is 0. The lowest BCUT2D eigenvalue weighted by atomic mass is 9.94. The molecule has 0 bridgehead atoms. The Hall–Kier alpha value is -2.48. The van der Waals surface area contributed by atoms with Crippen LogP contribution < -0.4 is 0 Å². The zero-order valence-corrected chi connectivity index (χ0v) is 19.8. The van der Waals surface area contributed by atoms with Crippen LogP contribution in [0.25, 0.3) is 16.9 Å². The number of aryl methyl sites for hydroxylation is 4. The SMILES string of the molecule is CCCCC1=C(c2cc(C)c(CC)c(C)c2)[N+](=[N-])C(c2cc(C)c(CC)c(C)c2)=C1. The summed E-state index contributed by atoms with van der Waals surface area (Å²) in [7, 11) is 0. The minimum absolute atomic E-state index is 0.889. The molecule has 0 amide bonds. The second-order valence-corrected chi connectivity index (χ2v) is 8.70. The third-order valence-corrected chi connectivity index (χ3v) is 6.52. The van der Waals surface area contributed by atoms with Gasteiger partial charge in [-0.15, -0.1) is 0 Å². The fraction of sp³-hybridized carbons (Fsp3) is 0.429. The van der Waals surface area contributed by atoms with Crippen LogP contribution >= 0.6 is 0 Å². The molecule has 0 aromatic heterocycles. The minimum atomic E-state index is 0.889. The summed E-state index contributed by atoms with van der Waals surface area (Å²) in [5.41, 5.74) is 24.6. The summed E-state index contributed by atoms with van der Waals surface area (Å²) in [6, 6.07) is 8.92. The first-order valence-corrected chi connectivity index (χ1v) is 11.5. The molecule has 2 nitrogen and oxygen atoms in total. The fourth-order valence-electron chi connectivity index (χ4n) is 5.01. The molecule has 0 radical (unpaired) electrons. The van der Waals surface area contributed by atoms with Crippen molar-refractivity contribution in [1.82, 2.24) is 0 Å². The van der Waals surface area contributed by atoms with Crippen molar-refractivity contribution >= 4 is 11.4 Å². The number of benzene rings is 2. The van der Waals surface area contributed by atoms with Gasteiger partial charge < -0.3 is 5.53 Å².